The maximum Gasteiger partial charge on any atom is 0.336 e. The molecular weight excluding hydrogens is 272 g/mol. The second kappa shape index (κ2) is 4.86. The van der Waals surface area contributed by atoms with Crippen LogP contribution in [0, 0.1) is 0 Å². The van der Waals surface area contributed by atoms with Crippen LogP contribution in [0.3, 0.4) is 0 Å². The molecule has 0 bridgehead atoms. The molecule has 1 aromatic heterocycles. The number of benzene rings is 2. The summed E-state index contributed by atoms with van der Waals surface area (Å²) in [6.45, 7) is 0. The Morgan fingerprint density at radius 3 is 2.57 bits per heavy atom. The van der Waals surface area contributed by atoms with Gasteiger partial charge in [-0.2, -0.15) is 0 Å². The zero-order valence-corrected chi connectivity index (χ0v) is 11.2. The van der Waals surface area contributed by atoms with Gasteiger partial charge in [0, 0.05) is 17.5 Å². The van der Waals surface area contributed by atoms with Crippen LogP contribution in [0.5, 0.6) is 17.2 Å². The van der Waals surface area contributed by atoms with Crippen LogP contribution in [0.4, 0.5) is 0 Å². The monoisotopic (exact) mass is 284 g/mol. The summed E-state index contributed by atoms with van der Waals surface area (Å²) < 4.78 is 10.1. The lowest BCUT2D eigenvalue weighted by Gasteiger charge is -2.08. The van der Waals surface area contributed by atoms with Crippen molar-refractivity contribution in [1.29, 1.82) is 0 Å². The van der Waals surface area contributed by atoms with Crippen LogP contribution < -0.4 is 10.4 Å². The van der Waals surface area contributed by atoms with E-state index in [1.807, 2.05) is 0 Å². The molecule has 5 nitrogen and oxygen atoms in total. The SMILES string of the molecule is COc1ccc(-c2cc(=O)oc3cc(O)ccc23)cc1O. The molecule has 0 fully saturated rings. The van der Waals surface area contributed by atoms with Gasteiger partial charge in [-0.05, 0) is 35.4 Å². The summed E-state index contributed by atoms with van der Waals surface area (Å²) >= 11 is 0. The van der Waals surface area contributed by atoms with Crippen LogP contribution in [-0.2, 0) is 0 Å². The van der Waals surface area contributed by atoms with Crippen molar-refractivity contribution >= 4 is 11.0 Å². The van der Waals surface area contributed by atoms with E-state index in [-0.39, 0.29) is 17.1 Å². The van der Waals surface area contributed by atoms with E-state index in [0.717, 1.165) is 0 Å². The van der Waals surface area contributed by atoms with E-state index in [1.54, 1.807) is 18.2 Å². The lowest BCUT2D eigenvalue weighted by Crippen LogP contribution is -1.98. The van der Waals surface area contributed by atoms with Gasteiger partial charge in [0.1, 0.15) is 11.3 Å². The summed E-state index contributed by atoms with van der Waals surface area (Å²) in [4.78, 5) is 11.7. The zero-order valence-electron chi connectivity index (χ0n) is 11.2. The van der Waals surface area contributed by atoms with Crippen LogP contribution >= 0.6 is 0 Å². The van der Waals surface area contributed by atoms with Gasteiger partial charge in [-0.3, -0.25) is 0 Å². The van der Waals surface area contributed by atoms with Crippen LogP contribution in [0.1, 0.15) is 0 Å². The van der Waals surface area contributed by atoms with Crippen LogP contribution in [0.2, 0.25) is 0 Å². The number of ether oxygens (including phenoxy) is 1. The second-order valence-electron chi connectivity index (χ2n) is 4.55. The van der Waals surface area contributed by atoms with Gasteiger partial charge in [-0.25, -0.2) is 4.79 Å². The van der Waals surface area contributed by atoms with E-state index >= 15 is 0 Å². The Bertz CT molecular complexity index is 879. The van der Waals surface area contributed by atoms with Gasteiger partial charge in [0.2, 0.25) is 0 Å². The number of rotatable bonds is 2. The van der Waals surface area contributed by atoms with E-state index in [4.69, 9.17) is 9.15 Å². The molecule has 0 aliphatic heterocycles. The van der Waals surface area contributed by atoms with Gasteiger partial charge in [0.25, 0.3) is 0 Å². The molecule has 0 atom stereocenters. The zero-order chi connectivity index (χ0) is 15.0. The molecular formula is C16H12O5. The first-order valence-electron chi connectivity index (χ1n) is 6.23. The Hall–Kier alpha value is -2.95. The van der Waals surface area contributed by atoms with Crippen molar-refractivity contribution < 1.29 is 19.4 Å². The van der Waals surface area contributed by atoms with E-state index in [9.17, 15) is 15.0 Å². The molecule has 0 saturated carbocycles. The number of hydrogen-bond donors (Lipinski definition) is 2. The second-order valence-corrected chi connectivity index (χ2v) is 4.55. The number of methoxy groups -OCH3 is 1. The first-order valence-corrected chi connectivity index (χ1v) is 6.23. The lowest BCUT2D eigenvalue weighted by atomic mass is 10.0. The molecule has 0 spiro atoms. The maximum absolute atomic E-state index is 11.7. The van der Waals surface area contributed by atoms with E-state index in [1.165, 1.54) is 31.4 Å². The van der Waals surface area contributed by atoms with Crippen molar-refractivity contribution in [2.75, 3.05) is 7.11 Å². The third kappa shape index (κ3) is 2.29. The molecule has 0 radical (unpaired) electrons. The number of phenols is 2. The van der Waals surface area contributed by atoms with Crippen molar-refractivity contribution in [3.8, 4) is 28.4 Å². The fourth-order valence-corrected chi connectivity index (χ4v) is 2.25. The fraction of sp³-hybridized carbons (Fsp3) is 0.0625. The van der Waals surface area contributed by atoms with Crippen molar-refractivity contribution in [3.05, 3.63) is 52.9 Å². The van der Waals surface area contributed by atoms with Crippen molar-refractivity contribution in [3.63, 3.8) is 0 Å². The van der Waals surface area contributed by atoms with Gasteiger partial charge in [0.05, 0.1) is 7.11 Å². The Morgan fingerprint density at radius 1 is 1.05 bits per heavy atom. The average molecular weight is 284 g/mol. The molecule has 106 valence electrons. The molecule has 3 aromatic rings. The average Bonchev–Trinajstić information content (AvgIpc) is 2.45. The topological polar surface area (TPSA) is 79.9 Å². The summed E-state index contributed by atoms with van der Waals surface area (Å²) in [5, 5.41) is 20.0. The predicted molar refractivity (Wildman–Crippen MR) is 77.8 cm³/mol. The number of aromatic hydroxyl groups is 2. The largest absolute Gasteiger partial charge is 0.508 e. The minimum Gasteiger partial charge on any atom is -0.508 e. The molecule has 21 heavy (non-hydrogen) atoms. The number of hydrogen-bond acceptors (Lipinski definition) is 5. The van der Waals surface area contributed by atoms with Crippen molar-refractivity contribution in [2.45, 2.75) is 0 Å². The van der Waals surface area contributed by atoms with Gasteiger partial charge < -0.3 is 19.4 Å². The molecule has 5 heteroatoms. The smallest absolute Gasteiger partial charge is 0.336 e. The molecule has 0 unspecified atom stereocenters. The normalized spacial score (nSPS) is 10.7. The van der Waals surface area contributed by atoms with Crippen LogP contribution in [-0.4, -0.2) is 17.3 Å². The first-order chi connectivity index (χ1) is 10.1. The minimum atomic E-state index is -0.529. The molecule has 1 heterocycles. The van der Waals surface area contributed by atoms with Crippen molar-refractivity contribution in [2.24, 2.45) is 0 Å². The third-order valence-corrected chi connectivity index (χ3v) is 3.22. The highest BCUT2D eigenvalue weighted by Crippen LogP contribution is 2.34. The minimum absolute atomic E-state index is 0.0142. The fourth-order valence-electron chi connectivity index (χ4n) is 2.25. The third-order valence-electron chi connectivity index (χ3n) is 3.22. The molecule has 2 N–H and O–H groups in total. The highest BCUT2D eigenvalue weighted by molar-refractivity contribution is 5.94. The Balaban J connectivity index is 2.29. The van der Waals surface area contributed by atoms with Gasteiger partial charge >= 0.3 is 5.63 Å². The summed E-state index contributed by atoms with van der Waals surface area (Å²) in [5.74, 6) is 0.346. The molecule has 0 aliphatic carbocycles. The lowest BCUT2D eigenvalue weighted by molar-refractivity contribution is 0.373. The van der Waals surface area contributed by atoms with Gasteiger partial charge in [0.15, 0.2) is 11.5 Å². The first kappa shape index (κ1) is 13.1. The Morgan fingerprint density at radius 2 is 1.86 bits per heavy atom. The van der Waals surface area contributed by atoms with Gasteiger partial charge in [-0.1, -0.05) is 6.07 Å². The maximum atomic E-state index is 11.7. The highest BCUT2D eigenvalue weighted by Gasteiger charge is 2.11. The Labute approximate surface area is 119 Å². The number of phenolic OH excluding ortho intramolecular Hbond substituents is 2. The van der Waals surface area contributed by atoms with Gasteiger partial charge in [-0.15, -0.1) is 0 Å². The predicted octanol–water partition coefficient (Wildman–Crippen LogP) is 2.88. The highest BCUT2D eigenvalue weighted by atomic mass is 16.5. The molecule has 2 aromatic carbocycles. The summed E-state index contributed by atoms with van der Waals surface area (Å²) in [7, 11) is 1.46. The Kier molecular flexibility index (Phi) is 3.02. The van der Waals surface area contributed by atoms with Crippen LogP contribution in [0.15, 0.2) is 51.7 Å². The molecule has 0 aliphatic rings. The summed E-state index contributed by atoms with van der Waals surface area (Å²) in [5.41, 5.74) is 1.02. The van der Waals surface area contributed by atoms with E-state index in [0.29, 0.717) is 22.3 Å². The molecule has 0 amide bonds. The molecule has 3 rings (SSSR count). The van der Waals surface area contributed by atoms with E-state index < -0.39 is 5.63 Å². The van der Waals surface area contributed by atoms with Crippen molar-refractivity contribution in [1.82, 2.24) is 0 Å². The van der Waals surface area contributed by atoms with Crippen LogP contribution in [0.25, 0.3) is 22.1 Å². The summed E-state index contributed by atoms with van der Waals surface area (Å²) in [6.07, 6.45) is 0. The standard InChI is InChI=1S/C16H12O5/c1-20-14-5-2-9(6-13(14)18)12-8-16(19)21-15-7-10(17)3-4-11(12)15/h2-8,17-18H,1H3. The quantitative estimate of drug-likeness (QED) is 0.707. The number of fused-ring (bicyclic) bond motifs is 1. The molecule has 0 saturated heterocycles. The van der Waals surface area contributed by atoms with E-state index in [2.05, 4.69) is 0 Å². The summed E-state index contributed by atoms with van der Waals surface area (Å²) in [6, 6.07) is 10.8.